The third kappa shape index (κ3) is 11.6. The van der Waals surface area contributed by atoms with Crippen molar-refractivity contribution in [2.45, 2.75) is 140 Å². The molecule has 0 atom stereocenters. The van der Waals surface area contributed by atoms with Crippen molar-refractivity contribution in [1.82, 2.24) is 0 Å². The minimum Gasteiger partial charge on any atom is -0.481 e. The number of carboxylic acid groups (broad SMARTS) is 1. The first-order valence-corrected chi connectivity index (χ1v) is 23.4. The molecule has 4 aliphatic carbocycles. The van der Waals surface area contributed by atoms with E-state index in [-0.39, 0.29) is 41.5 Å². The molecule has 4 heterocycles. The molecule has 0 bridgehead atoms. The van der Waals surface area contributed by atoms with Crippen LogP contribution in [0.15, 0.2) is 22.9 Å². The SMILES string of the molecule is CC1CCC(C(=O)O)CC1.COC(=O)c1sccc1N(C(=O)C1CCC(C)CC1)C1CCC2(CC1)OCCO2.COC(=O)c1sccc1NC1CCC2(CC1)OCCO2. The highest BCUT2D eigenvalue weighted by molar-refractivity contribution is 7.13. The van der Waals surface area contributed by atoms with E-state index in [1.54, 1.807) is 0 Å². The van der Waals surface area contributed by atoms with Crippen molar-refractivity contribution >= 4 is 57.9 Å². The maximum atomic E-state index is 13.7. The topological polar surface area (TPSA) is 159 Å². The number of rotatable bonds is 8. The van der Waals surface area contributed by atoms with Gasteiger partial charge in [0.25, 0.3) is 0 Å². The fourth-order valence-electron chi connectivity index (χ4n) is 9.41. The third-order valence-electron chi connectivity index (χ3n) is 13.1. The highest BCUT2D eigenvalue weighted by atomic mass is 32.1. The standard InChI is InChI=1S/C22H31NO5S.C14H19NO4S.C8H14O2/c1-15-3-5-16(6-4-15)20(24)23(18-9-14-29-19(18)21(25)26-2)17-7-10-22(11-8-17)27-12-13-28-22;1-17-13(16)12-11(4-9-20-12)15-10-2-5-14(6-3-10)18-7-8-19-14;1-6-2-4-7(5-3-6)8(9)10/h9,14-17H,3-8,10-13H2,1-2H3;4,9-10,15H,2-3,5-8H2,1H3;6-7H,2-5H2,1H3,(H,9,10). The lowest BCUT2D eigenvalue weighted by Gasteiger charge is -2.42. The second-order valence-corrected chi connectivity index (χ2v) is 18.9. The Morgan fingerprint density at radius 1 is 0.661 bits per heavy atom. The van der Waals surface area contributed by atoms with Gasteiger partial charge >= 0.3 is 17.9 Å². The molecule has 2 N–H and O–H groups in total. The molecule has 59 heavy (non-hydrogen) atoms. The van der Waals surface area contributed by atoms with Crippen molar-refractivity contribution < 1.29 is 52.7 Å². The van der Waals surface area contributed by atoms with E-state index >= 15 is 0 Å². The molecular formula is C44H64N2O11S2. The molecule has 2 spiro atoms. The van der Waals surface area contributed by atoms with Gasteiger partial charge in [0.05, 0.1) is 57.9 Å². The number of methoxy groups -OCH3 is 2. The van der Waals surface area contributed by atoms with Crippen molar-refractivity contribution in [2.24, 2.45) is 23.7 Å². The second kappa shape index (κ2) is 21.1. The molecule has 13 nitrogen and oxygen atoms in total. The average Bonchev–Trinajstić information content (AvgIpc) is 4.10. The van der Waals surface area contributed by atoms with E-state index in [0.717, 1.165) is 114 Å². The van der Waals surface area contributed by atoms with Crippen molar-refractivity contribution in [2.75, 3.05) is 50.9 Å². The van der Waals surface area contributed by atoms with Crippen LogP contribution < -0.4 is 10.2 Å². The second-order valence-electron chi connectivity index (χ2n) is 17.1. The van der Waals surface area contributed by atoms with E-state index in [2.05, 4.69) is 19.2 Å². The molecule has 2 aliphatic heterocycles. The van der Waals surface area contributed by atoms with Crippen LogP contribution in [0.25, 0.3) is 0 Å². The summed E-state index contributed by atoms with van der Waals surface area (Å²) in [5, 5.41) is 15.9. The van der Waals surface area contributed by atoms with Crippen LogP contribution in [0.3, 0.4) is 0 Å². The Bertz CT molecular complexity index is 1660. The van der Waals surface area contributed by atoms with E-state index in [0.29, 0.717) is 53.8 Å². The zero-order chi connectivity index (χ0) is 42.0. The molecular weight excluding hydrogens is 797 g/mol. The van der Waals surface area contributed by atoms with Gasteiger partial charge in [-0.3, -0.25) is 9.59 Å². The van der Waals surface area contributed by atoms with Gasteiger partial charge in [0.2, 0.25) is 5.91 Å². The molecule has 2 aromatic rings. The Hall–Kier alpha value is -3.08. The summed E-state index contributed by atoms with van der Waals surface area (Å²) in [6, 6.07) is 4.24. The van der Waals surface area contributed by atoms with Gasteiger partial charge in [-0.25, -0.2) is 9.59 Å². The predicted octanol–water partition coefficient (Wildman–Crippen LogP) is 8.91. The maximum absolute atomic E-state index is 13.7. The Morgan fingerprint density at radius 3 is 1.63 bits per heavy atom. The lowest BCUT2D eigenvalue weighted by molar-refractivity contribution is -0.179. The highest BCUT2D eigenvalue weighted by Gasteiger charge is 2.45. The maximum Gasteiger partial charge on any atom is 0.350 e. The Balaban J connectivity index is 0.000000168. The van der Waals surface area contributed by atoms with Crippen LogP contribution in [0, 0.1) is 23.7 Å². The molecule has 2 aromatic heterocycles. The minimum absolute atomic E-state index is 0.0338. The Morgan fingerprint density at radius 2 is 1.12 bits per heavy atom. The van der Waals surface area contributed by atoms with Crippen LogP contribution >= 0.6 is 22.7 Å². The van der Waals surface area contributed by atoms with Crippen LogP contribution in [0.2, 0.25) is 0 Å². The molecule has 8 rings (SSSR count). The van der Waals surface area contributed by atoms with E-state index < -0.39 is 11.8 Å². The van der Waals surface area contributed by atoms with Crippen molar-refractivity contribution in [1.29, 1.82) is 0 Å². The molecule has 4 saturated carbocycles. The Kier molecular flexibility index (Phi) is 16.3. The molecule has 1 amide bonds. The molecule has 2 saturated heterocycles. The molecule has 6 fully saturated rings. The summed E-state index contributed by atoms with van der Waals surface area (Å²) >= 11 is 2.74. The summed E-state index contributed by atoms with van der Waals surface area (Å²) in [5.41, 5.74) is 1.58. The number of nitrogens with zero attached hydrogens (tertiary/aromatic N) is 1. The van der Waals surface area contributed by atoms with Crippen LogP contribution in [-0.4, -0.2) is 93.2 Å². The largest absolute Gasteiger partial charge is 0.481 e. The van der Waals surface area contributed by atoms with Gasteiger partial charge in [-0.2, -0.15) is 0 Å². The molecule has 0 radical (unpaired) electrons. The molecule has 0 unspecified atom stereocenters. The monoisotopic (exact) mass is 860 g/mol. The third-order valence-corrected chi connectivity index (χ3v) is 14.9. The van der Waals surface area contributed by atoms with Gasteiger partial charge in [0, 0.05) is 43.7 Å². The van der Waals surface area contributed by atoms with Gasteiger partial charge in [0.15, 0.2) is 11.6 Å². The summed E-state index contributed by atoms with van der Waals surface area (Å²) in [4.78, 5) is 51.2. The number of aliphatic carboxylic acids is 1. The van der Waals surface area contributed by atoms with E-state index in [9.17, 15) is 19.2 Å². The van der Waals surface area contributed by atoms with Crippen molar-refractivity contribution in [3.05, 3.63) is 32.6 Å². The number of hydrogen-bond acceptors (Lipinski definition) is 13. The van der Waals surface area contributed by atoms with Gasteiger partial charge in [-0.15, -0.1) is 22.7 Å². The van der Waals surface area contributed by atoms with Gasteiger partial charge in [-0.05, 0) is 112 Å². The van der Waals surface area contributed by atoms with Gasteiger partial charge < -0.3 is 43.7 Å². The van der Waals surface area contributed by atoms with E-state index in [4.69, 9.17) is 33.5 Å². The van der Waals surface area contributed by atoms with Crippen molar-refractivity contribution in [3.63, 3.8) is 0 Å². The number of carbonyl (C=O) groups is 4. The fourth-order valence-corrected chi connectivity index (χ4v) is 11.0. The first kappa shape index (κ1) is 45.4. The van der Waals surface area contributed by atoms with Crippen LogP contribution in [0.4, 0.5) is 11.4 Å². The number of nitrogens with one attached hydrogen (secondary N) is 1. The van der Waals surface area contributed by atoms with Gasteiger partial charge in [0.1, 0.15) is 9.75 Å². The summed E-state index contributed by atoms with van der Waals surface area (Å²) in [7, 11) is 2.80. The molecule has 6 aliphatic rings. The van der Waals surface area contributed by atoms with E-state index in [1.165, 1.54) is 36.9 Å². The summed E-state index contributed by atoms with van der Waals surface area (Å²) in [6.45, 7) is 7.15. The van der Waals surface area contributed by atoms with Crippen LogP contribution in [0.5, 0.6) is 0 Å². The van der Waals surface area contributed by atoms with Crippen LogP contribution in [-0.2, 0) is 38.0 Å². The number of amides is 1. The molecule has 0 aromatic carbocycles. The summed E-state index contributed by atoms with van der Waals surface area (Å²) in [5.74, 6) is -0.481. The molecule has 328 valence electrons. The highest BCUT2D eigenvalue weighted by Crippen LogP contribution is 2.42. The number of thiophene rings is 2. The number of hydrogen-bond donors (Lipinski definition) is 2. The quantitative estimate of drug-likeness (QED) is 0.243. The fraction of sp³-hybridized carbons (Fsp3) is 0.727. The lowest BCUT2D eigenvalue weighted by Crippen LogP contribution is -2.49. The first-order valence-electron chi connectivity index (χ1n) is 21.6. The predicted molar refractivity (Wildman–Crippen MR) is 226 cm³/mol. The number of anilines is 2. The van der Waals surface area contributed by atoms with Crippen molar-refractivity contribution in [3.8, 4) is 0 Å². The number of ether oxygens (including phenoxy) is 6. The summed E-state index contributed by atoms with van der Waals surface area (Å²) in [6.07, 6.45) is 14.9. The average molecular weight is 861 g/mol. The minimum atomic E-state index is -0.605. The number of esters is 2. The summed E-state index contributed by atoms with van der Waals surface area (Å²) < 4.78 is 33.0. The Labute approximate surface area is 356 Å². The number of carboxylic acids is 1. The normalized spacial score (nSPS) is 27.4. The smallest absolute Gasteiger partial charge is 0.350 e. The zero-order valence-electron chi connectivity index (χ0n) is 35.2. The molecule has 15 heteroatoms. The van der Waals surface area contributed by atoms with Gasteiger partial charge in [-0.1, -0.05) is 13.8 Å². The zero-order valence-corrected chi connectivity index (χ0v) is 36.8. The van der Waals surface area contributed by atoms with Crippen LogP contribution in [0.1, 0.15) is 136 Å². The van der Waals surface area contributed by atoms with E-state index in [1.807, 2.05) is 27.8 Å². The number of carbonyl (C=O) groups excluding carboxylic acids is 3. The lowest BCUT2D eigenvalue weighted by atomic mass is 9.81. The first-order chi connectivity index (χ1) is 28.4.